The Morgan fingerprint density at radius 2 is 2.33 bits per heavy atom. The van der Waals surface area contributed by atoms with Crippen molar-refractivity contribution in [2.45, 2.75) is 4.90 Å². The summed E-state index contributed by atoms with van der Waals surface area (Å²) in [5.74, 6) is 0.917. The molecule has 2 N–H and O–H groups in total. The fraction of sp³-hybridized carbons (Fsp3) is 0.125. The lowest BCUT2D eigenvalue weighted by molar-refractivity contribution is 0.602. The normalized spacial score (nSPS) is 15.2. The molecular formula is C8H7FN2S. The number of nitrogens with zero attached hydrogens (tertiary/aromatic N) is 1. The van der Waals surface area contributed by atoms with E-state index in [-0.39, 0.29) is 5.82 Å². The summed E-state index contributed by atoms with van der Waals surface area (Å²) in [6, 6.07) is 4.83. The van der Waals surface area contributed by atoms with Crippen LogP contribution in [0, 0.1) is 5.82 Å². The van der Waals surface area contributed by atoms with Crippen LogP contribution in [0.15, 0.2) is 28.1 Å². The van der Waals surface area contributed by atoms with Crippen molar-refractivity contribution in [2.24, 2.45) is 10.7 Å². The number of aliphatic imine (C=N–C) groups is 1. The van der Waals surface area contributed by atoms with Crippen molar-refractivity contribution in [1.82, 2.24) is 0 Å². The van der Waals surface area contributed by atoms with Gasteiger partial charge in [0.15, 0.2) is 0 Å². The van der Waals surface area contributed by atoms with E-state index < -0.39 is 0 Å². The molecule has 0 bridgehead atoms. The van der Waals surface area contributed by atoms with Gasteiger partial charge in [-0.25, -0.2) is 9.38 Å². The van der Waals surface area contributed by atoms with Crippen LogP contribution in [-0.4, -0.2) is 11.6 Å². The summed E-state index contributed by atoms with van der Waals surface area (Å²) in [7, 11) is 0. The van der Waals surface area contributed by atoms with Crippen LogP contribution in [0.5, 0.6) is 0 Å². The van der Waals surface area contributed by atoms with E-state index in [0.717, 1.165) is 0 Å². The molecule has 1 aromatic rings. The maximum atomic E-state index is 13.1. The molecule has 0 radical (unpaired) electrons. The van der Waals surface area contributed by atoms with Gasteiger partial charge in [-0.15, -0.1) is 11.8 Å². The van der Waals surface area contributed by atoms with Gasteiger partial charge in [0.25, 0.3) is 0 Å². The molecule has 0 aromatic heterocycles. The Morgan fingerprint density at radius 1 is 1.50 bits per heavy atom. The van der Waals surface area contributed by atoms with Crippen LogP contribution in [-0.2, 0) is 0 Å². The van der Waals surface area contributed by atoms with E-state index in [0.29, 0.717) is 22.2 Å². The van der Waals surface area contributed by atoms with Gasteiger partial charge in [0.05, 0.1) is 16.3 Å². The van der Waals surface area contributed by atoms with Crippen LogP contribution in [0.4, 0.5) is 10.1 Å². The molecule has 0 unspecified atom stereocenters. The molecule has 2 rings (SSSR count). The van der Waals surface area contributed by atoms with Crippen LogP contribution in [0.2, 0.25) is 0 Å². The number of hydrogen-bond donors (Lipinski definition) is 1. The number of halogens is 1. The van der Waals surface area contributed by atoms with Gasteiger partial charge in [-0.1, -0.05) is 6.07 Å². The Labute approximate surface area is 73.7 Å². The first kappa shape index (κ1) is 7.61. The van der Waals surface area contributed by atoms with E-state index in [1.807, 2.05) is 0 Å². The zero-order valence-electron chi connectivity index (χ0n) is 6.25. The van der Waals surface area contributed by atoms with E-state index in [4.69, 9.17) is 5.73 Å². The number of hydrogen-bond acceptors (Lipinski definition) is 3. The lowest BCUT2D eigenvalue weighted by atomic mass is 10.3. The molecule has 2 nitrogen and oxygen atoms in total. The smallest absolute Gasteiger partial charge is 0.138 e. The summed E-state index contributed by atoms with van der Waals surface area (Å²) in [6.45, 7) is 0. The molecule has 4 heteroatoms. The summed E-state index contributed by atoms with van der Waals surface area (Å²) in [5.41, 5.74) is 6.15. The largest absolute Gasteiger partial charge is 0.386 e. The lowest BCUT2D eigenvalue weighted by Gasteiger charge is -2.11. The minimum Gasteiger partial charge on any atom is -0.386 e. The summed E-state index contributed by atoms with van der Waals surface area (Å²) >= 11 is 1.39. The van der Waals surface area contributed by atoms with Crippen LogP contribution in [0.3, 0.4) is 0 Å². The lowest BCUT2D eigenvalue weighted by Crippen LogP contribution is -2.16. The number of thioether (sulfide) groups is 1. The molecule has 1 aliphatic rings. The Morgan fingerprint density at radius 3 is 3.17 bits per heavy atom. The average molecular weight is 182 g/mol. The predicted molar refractivity (Wildman–Crippen MR) is 48.4 cm³/mol. The molecule has 62 valence electrons. The third-order valence-electron chi connectivity index (χ3n) is 1.57. The summed E-state index contributed by atoms with van der Waals surface area (Å²) < 4.78 is 13.1. The summed E-state index contributed by atoms with van der Waals surface area (Å²) in [5, 5.41) is 0. The average Bonchev–Trinajstić information content (AvgIpc) is 2.04. The van der Waals surface area contributed by atoms with Crippen LogP contribution in [0.25, 0.3) is 0 Å². The predicted octanol–water partition coefficient (Wildman–Crippen LogP) is 1.92. The number of nitrogens with two attached hydrogens (primary N) is 1. The molecule has 1 aromatic carbocycles. The molecule has 0 saturated heterocycles. The number of rotatable bonds is 0. The second-order valence-corrected chi connectivity index (χ2v) is 3.47. The molecule has 0 spiro atoms. The topological polar surface area (TPSA) is 38.4 Å². The van der Waals surface area contributed by atoms with E-state index in [1.165, 1.54) is 17.8 Å². The monoisotopic (exact) mass is 182 g/mol. The third-order valence-corrected chi connectivity index (χ3v) is 2.71. The minimum absolute atomic E-state index is 0.214. The Balaban J connectivity index is 2.57. The van der Waals surface area contributed by atoms with Crippen molar-refractivity contribution >= 4 is 23.3 Å². The van der Waals surface area contributed by atoms with Crippen molar-refractivity contribution in [3.8, 4) is 0 Å². The maximum Gasteiger partial charge on any atom is 0.138 e. The molecule has 1 aliphatic heterocycles. The minimum atomic E-state index is -0.214. The Bertz CT molecular complexity index is 349. The zero-order chi connectivity index (χ0) is 8.55. The van der Waals surface area contributed by atoms with Gasteiger partial charge in [-0.3, -0.25) is 0 Å². The first-order valence-corrected chi connectivity index (χ1v) is 4.50. The number of fused-ring (bicyclic) bond motifs is 1. The fourth-order valence-electron chi connectivity index (χ4n) is 1.06. The molecular weight excluding hydrogens is 175 g/mol. The molecule has 0 saturated carbocycles. The van der Waals surface area contributed by atoms with Gasteiger partial charge in [-0.05, 0) is 12.1 Å². The van der Waals surface area contributed by atoms with E-state index in [9.17, 15) is 4.39 Å². The SMILES string of the molecule is NC1=Nc2cccc(F)c2SC1. The maximum absolute atomic E-state index is 13.1. The van der Waals surface area contributed by atoms with Crippen LogP contribution < -0.4 is 5.73 Å². The van der Waals surface area contributed by atoms with Crippen molar-refractivity contribution < 1.29 is 4.39 Å². The van der Waals surface area contributed by atoms with E-state index in [1.54, 1.807) is 12.1 Å². The van der Waals surface area contributed by atoms with Crippen molar-refractivity contribution in [3.05, 3.63) is 24.0 Å². The number of amidine groups is 1. The Hall–Kier alpha value is -1.03. The summed E-state index contributed by atoms with van der Waals surface area (Å²) in [4.78, 5) is 4.64. The second kappa shape index (κ2) is 2.79. The van der Waals surface area contributed by atoms with Gasteiger partial charge in [0.1, 0.15) is 11.7 Å². The fourth-order valence-corrected chi connectivity index (χ4v) is 1.89. The molecule has 12 heavy (non-hydrogen) atoms. The van der Waals surface area contributed by atoms with Crippen LogP contribution >= 0.6 is 11.8 Å². The molecule has 0 aliphatic carbocycles. The molecule has 1 heterocycles. The van der Waals surface area contributed by atoms with Crippen LogP contribution in [0.1, 0.15) is 0 Å². The van der Waals surface area contributed by atoms with Gasteiger partial charge < -0.3 is 5.73 Å². The zero-order valence-corrected chi connectivity index (χ0v) is 7.07. The first-order chi connectivity index (χ1) is 5.77. The highest BCUT2D eigenvalue weighted by atomic mass is 32.2. The molecule has 0 fully saturated rings. The highest BCUT2D eigenvalue weighted by Crippen LogP contribution is 2.34. The molecule has 0 amide bonds. The van der Waals surface area contributed by atoms with Gasteiger partial charge in [0, 0.05) is 0 Å². The van der Waals surface area contributed by atoms with E-state index >= 15 is 0 Å². The number of benzene rings is 1. The standard InChI is InChI=1S/C8H7FN2S/c9-5-2-1-3-6-8(5)12-4-7(10)11-6/h1-3H,4H2,(H2,10,11). The third kappa shape index (κ3) is 1.18. The highest BCUT2D eigenvalue weighted by molar-refractivity contribution is 8.00. The Kier molecular flexibility index (Phi) is 1.77. The second-order valence-electron chi connectivity index (χ2n) is 2.48. The highest BCUT2D eigenvalue weighted by Gasteiger charge is 2.13. The van der Waals surface area contributed by atoms with Gasteiger partial charge in [0.2, 0.25) is 0 Å². The summed E-state index contributed by atoms with van der Waals surface area (Å²) in [6.07, 6.45) is 0. The van der Waals surface area contributed by atoms with Crippen molar-refractivity contribution in [2.75, 3.05) is 5.75 Å². The van der Waals surface area contributed by atoms with Gasteiger partial charge >= 0.3 is 0 Å². The van der Waals surface area contributed by atoms with Gasteiger partial charge in [-0.2, -0.15) is 0 Å². The van der Waals surface area contributed by atoms with Crippen molar-refractivity contribution in [3.63, 3.8) is 0 Å². The quantitative estimate of drug-likeness (QED) is 0.665. The van der Waals surface area contributed by atoms with E-state index in [2.05, 4.69) is 4.99 Å². The van der Waals surface area contributed by atoms with Crippen molar-refractivity contribution in [1.29, 1.82) is 0 Å². The molecule has 0 atom stereocenters. The first-order valence-electron chi connectivity index (χ1n) is 3.52.